The first-order chi connectivity index (χ1) is 14.1. The number of rotatable bonds is 4. The van der Waals surface area contributed by atoms with E-state index in [0.717, 1.165) is 57.7 Å². The molecule has 0 radical (unpaired) electrons. The Hall–Kier alpha value is -2.48. The van der Waals surface area contributed by atoms with E-state index in [4.69, 9.17) is 0 Å². The smallest absolute Gasteiger partial charge is 0.285 e. The highest BCUT2D eigenvalue weighted by Gasteiger charge is 2.41. The van der Waals surface area contributed by atoms with Gasteiger partial charge in [0.05, 0.1) is 6.20 Å². The number of amides is 1. The number of nitrogens with one attached hydrogen (secondary N) is 1. The fraction of sp³-hybridized carbons (Fsp3) is 0.619. The van der Waals surface area contributed by atoms with Crippen molar-refractivity contribution < 1.29 is 4.79 Å². The van der Waals surface area contributed by atoms with Crippen LogP contribution in [-0.4, -0.2) is 49.3 Å². The number of aromatic nitrogens is 4. The van der Waals surface area contributed by atoms with Gasteiger partial charge in [-0.3, -0.25) is 19.2 Å². The molecule has 1 N–H and O–H groups in total. The van der Waals surface area contributed by atoms with E-state index in [1.54, 1.807) is 6.20 Å². The molecule has 8 heteroatoms. The zero-order valence-electron chi connectivity index (χ0n) is 16.9. The van der Waals surface area contributed by atoms with Crippen LogP contribution in [0, 0.1) is 5.92 Å². The number of nitrogens with zero attached hydrogens (tertiary/aromatic N) is 5. The SMILES string of the molecule is Cn1cc(CN2C[C@@H]3Cn4cc(C(=O)NC5CCCCC5)c(=O)nc4[C@H]3C2)cn1. The summed E-state index contributed by atoms with van der Waals surface area (Å²) < 4.78 is 3.86. The van der Waals surface area contributed by atoms with Gasteiger partial charge in [0.1, 0.15) is 11.4 Å². The van der Waals surface area contributed by atoms with E-state index in [2.05, 4.69) is 20.3 Å². The maximum absolute atomic E-state index is 12.7. The van der Waals surface area contributed by atoms with Crippen molar-refractivity contribution in [2.24, 2.45) is 13.0 Å². The standard InChI is InChI=1S/C21H28N6O2/c1-25-8-14(7-22-25)9-26-10-15-11-27-13-18(21(29)24-19(27)17(15)12-26)20(28)23-16-5-3-2-4-6-16/h7-8,13,15-17H,2-6,9-12H2,1H3,(H,23,28)/t15-,17+/m1/s1. The monoisotopic (exact) mass is 396 g/mol. The van der Waals surface area contributed by atoms with Crippen LogP contribution in [0.15, 0.2) is 23.4 Å². The quantitative estimate of drug-likeness (QED) is 0.841. The van der Waals surface area contributed by atoms with E-state index < -0.39 is 5.56 Å². The van der Waals surface area contributed by atoms with Crippen LogP contribution < -0.4 is 10.9 Å². The molecule has 154 valence electrons. The van der Waals surface area contributed by atoms with Crippen LogP contribution in [0.5, 0.6) is 0 Å². The number of hydrogen-bond donors (Lipinski definition) is 1. The van der Waals surface area contributed by atoms with Gasteiger partial charge in [-0.1, -0.05) is 19.3 Å². The van der Waals surface area contributed by atoms with Crippen molar-refractivity contribution in [3.05, 3.63) is 45.9 Å². The van der Waals surface area contributed by atoms with Gasteiger partial charge < -0.3 is 9.88 Å². The summed E-state index contributed by atoms with van der Waals surface area (Å²) >= 11 is 0. The van der Waals surface area contributed by atoms with Crippen molar-refractivity contribution in [3.63, 3.8) is 0 Å². The van der Waals surface area contributed by atoms with Gasteiger partial charge >= 0.3 is 0 Å². The Balaban J connectivity index is 1.29. The molecule has 3 aliphatic rings. The summed E-state index contributed by atoms with van der Waals surface area (Å²) in [5.41, 5.74) is 0.995. The second-order valence-corrected chi connectivity index (χ2v) is 8.86. The Labute approximate surface area is 169 Å². The van der Waals surface area contributed by atoms with Crippen LogP contribution in [0.2, 0.25) is 0 Å². The molecule has 29 heavy (non-hydrogen) atoms. The molecule has 2 aromatic rings. The lowest BCUT2D eigenvalue weighted by atomic mass is 9.95. The molecule has 0 unspecified atom stereocenters. The average Bonchev–Trinajstić information content (AvgIpc) is 3.37. The molecule has 8 nitrogen and oxygen atoms in total. The summed E-state index contributed by atoms with van der Waals surface area (Å²) in [4.78, 5) is 32.0. The molecule has 0 bridgehead atoms. The van der Waals surface area contributed by atoms with Crippen molar-refractivity contribution in [3.8, 4) is 0 Å². The number of carbonyl (C=O) groups excluding carboxylic acids is 1. The van der Waals surface area contributed by atoms with Gasteiger partial charge in [-0.2, -0.15) is 10.1 Å². The van der Waals surface area contributed by atoms with Crippen molar-refractivity contribution in [2.75, 3.05) is 13.1 Å². The third kappa shape index (κ3) is 3.61. The molecule has 2 fully saturated rings. The van der Waals surface area contributed by atoms with E-state index in [1.165, 1.54) is 12.0 Å². The average molecular weight is 396 g/mol. The third-order valence-electron chi connectivity index (χ3n) is 6.65. The van der Waals surface area contributed by atoms with Gasteiger partial charge in [0.15, 0.2) is 0 Å². The Morgan fingerprint density at radius 1 is 1.17 bits per heavy atom. The zero-order valence-corrected chi connectivity index (χ0v) is 16.9. The maximum atomic E-state index is 12.7. The van der Waals surface area contributed by atoms with Crippen LogP contribution in [0.1, 0.15) is 59.8 Å². The topological polar surface area (TPSA) is 85.0 Å². The first kappa shape index (κ1) is 18.5. The molecule has 0 spiro atoms. The van der Waals surface area contributed by atoms with Gasteiger partial charge in [0.25, 0.3) is 11.5 Å². The highest BCUT2D eigenvalue weighted by molar-refractivity contribution is 5.93. The predicted octanol–water partition coefficient (Wildman–Crippen LogP) is 1.27. The number of likely N-dealkylation sites (tertiary alicyclic amines) is 1. The Kier molecular flexibility index (Phi) is 4.73. The van der Waals surface area contributed by atoms with E-state index in [0.29, 0.717) is 5.92 Å². The molecule has 1 saturated heterocycles. The van der Waals surface area contributed by atoms with Crippen molar-refractivity contribution in [1.29, 1.82) is 0 Å². The van der Waals surface area contributed by atoms with E-state index in [9.17, 15) is 9.59 Å². The van der Waals surface area contributed by atoms with Gasteiger partial charge in [-0.15, -0.1) is 0 Å². The number of aryl methyl sites for hydroxylation is 1. The lowest BCUT2D eigenvalue weighted by Gasteiger charge is -2.22. The number of carbonyl (C=O) groups is 1. The molecule has 2 aromatic heterocycles. The van der Waals surface area contributed by atoms with Gasteiger partial charge in [-0.25, -0.2) is 0 Å². The van der Waals surface area contributed by atoms with Gasteiger partial charge in [-0.05, 0) is 12.8 Å². The van der Waals surface area contributed by atoms with Crippen molar-refractivity contribution >= 4 is 5.91 Å². The summed E-state index contributed by atoms with van der Waals surface area (Å²) in [6.45, 7) is 3.55. The molecule has 2 atom stereocenters. The zero-order chi connectivity index (χ0) is 20.0. The van der Waals surface area contributed by atoms with Crippen LogP contribution in [0.4, 0.5) is 0 Å². The maximum Gasteiger partial charge on any atom is 0.285 e. The minimum atomic E-state index is -0.393. The molecule has 1 aliphatic carbocycles. The lowest BCUT2D eigenvalue weighted by Crippen LogP contribution is -2.39. The summed E-state index contributed by atoms with van der Waals surface area (Å²) in [5, 5.41) is 7.29. The van der Waals surface area contributed by atoms with Crippen LogP contribution in [0.3, 0.4) is 0 Å². The molecule has 5 rings (SSSR count). The Morgan fingerprint density at radius 2 is 2.00 bits per heavy atom. The fourth-order valence-corrected chi connectivity index (χ4v) is 5.25. The fourth-order valence-electron chi connectivity index (χ4n) is 5.25. The summed E-state index contributed by atoms with van der Waals surface area (Å²) in [6.07, 6.45) is 11.2. The highest BCUT2D eigenvalue weighted by Crippen LogP contribution is 2.38. The molecular formula is C21H28N6O2. The predicted molar refractivity (Wildman–Crippen MR) is 108 cm³/mol. The molecule has 1 amide bonds. The summed E-state index contributed by atoms with van der Waals surface area (Å²) in [6, 6.07) is 0.189. The molecular weight excluding hydrogens is 368 g/mol. The first-order valence-electron chi connectivity index (χ1n) is 10.7. The van der Waals surface area contributed by atoms with Crippen molar-refractivity contribution in [1.82, 2.24) is 29.5 Å². The third-order valence-corrected chi connectivity index (χ3v) is 6.65. The molecule has 0 aromatic carbocycles. The van der Waals surface area contributed by atoms with Crippen LogP contribution in [-0.2, 0) is 20.1 Å². The molecule has 1 saturated carbocycles. The Bertz CT molecular complexity index is 974. The summed E-state index contributed by atoms with van der Waals surface area (Å²) in [7, 11) is 1.93. The van der Waals surface area contributed by atoms with E-state index in [1.807, 2.05) is 28.7 Å². The minimum Gasteiger partial charge on any atom is -0.349 e. The molecule has 4 heterocycles. The second-order valence-electron chi connectivity index (χ2n) is 8.86. The largest absolute Gasteiger partial charge is 0.349 e. The van der Waals surface area contributed by atoms with Crippen LogP contribution in [0.25, 0.3) is 0 Å². The second kappa shape index (κ2) is 7.40. The van der Waals surface area contributed by atoms with Crippen LogP contribution >= 0.6 is 0 Å². The Morgan fingerprint density at radius 3 is 2.76 bits per heavy atom. The minimum absolute atomic E-state index is 0.187. The highest BCUT2D eigenvalue weighted by atomic mass is 16.2. The molecule has 2 aliphatic heterocycles. The van der Waals surface area contributed by atoms with Gasteiger partial charge in [0, 0.05) is 69.1 Å². The number of hydrogen-bond acceptors (Lipinski definition) is 5. The number of fused-ring (bicyclic) bond motifs is 3. The lowest BCUT2D eigenvalue weighted by molar-refractivity contribution is 0.0925. The summed E-state index contributed by atoms with van der Waals surface area (Å²) in [5.74, 6) is 1.27. The first-order valence-corrected chi connectivity index (χ1v) is 10.7. The van der Waals surface area contributed by atoms with E-state index in [-0.39, 0.29) is 23.4 Å². The van der Waals surface area contributed by atoms with E-state index >= 15 is 0 Å². The van der Waals surface area contributed by atoms with Crippen molar-refractivity contribution in [2.45, 2.75) is 57.2 Å². The normalized spacial score (nSPS) is 24.4. The van der Waals surface area contributed by atoms with Gasteiger partial charge in [0.2, 0.25) is 0 Å².